The number of hydrogen-bond donors (Lipinski definition) is 0. The van der Waals surface area contributed by atoms with E-state index in [2.05, 4.69) is 39.5 Å². The summed E-state index contributed by atoms with van der Waals surface area (Å²) >= 11 is 0. The highest BCUT2D eigenvalue weighted by molar-refractivity contribution is 5.87. The summed E-state index contributed by atoms with van der Waals surface area (Å²) in [6, 6.07) is 22.5. The monoisotopic (exact) mass is 1040 g/mol. The number of aryl methyl sites for hydroxylation is 6. The fraction of sp³-hybridized carbons (Fsp3) is 0.182. The second-order valence-corrected chi connectivity index (χ2v) is 19.3. The molecule has 12 heteroatoms. The fourth-order valence-corrected chi connectivity index (χ4v) is 10.0. The highest BCUT2D eigenvalue weighted by Crippen LogP contribution is 2.42. The van der Waals surface area contributed by atoms with Crippen LogP contribution in [0.5, 0.6) is 34.5 Å². The van der Waals surface area contributed by atoms with E-state index in [0.717, 1.165) is 69.8 Å². The molecule has 0 amide bonds. The number of carbonyl (C=O) groups excluding carboxylic acids is 6. The SMILES string of the molecule is C=CC(=O)Oc1c2cc(C)cc1Cc1cc(C)cc(c1OC(=O)C=C)Cc1cc(C)cc(c1OC(=O)C=C)Cc1cc(C)cc(c1OC(=O)C=C)Cc1cc(C)cc(c1OC(=O)C=C)Cc1cc(C)cc(c1OC(=O)C=C)C2. The molecule has 7 rings (SSSR count). The predicted molar refractivity (Wildman–Crippen MR) is 299 cm³/mol. The number of esters is 6. The molecular formula is C66H60O12. The first-order chi connectivity index (χ1) is 37.2. The third-order valence-corrected chi connectivity index (χ3v) is 12.8. The molecule has 0 N–H and O–H groups in total. The number of fused-ring (bicyclic) bond motifs is 12. The first-order valence-corrected chi connectivity index (χ1v) is 25.0. The molecular weight excluding hydrogens is 985 g/mol. The van der Waals surface area contributed by atoms with Crippen LogP contribution in [0.4, 0.5) is 0 Å². The van der Waals surface area contributed by atoms with Crippen LogP contribution >= 0.6 is 0 Å². The van der Waals surface area contributed by atoms with Gasteiger partial charge in [0.2, 0.25) is 0 Å². The molecule has 78 heavy (non-hydrogen) atoms. The molecule has 1 aliphatic carbocycles. The molecule has 0 unspecified atom stereocenters. The highest BCUT2D eigenvalue weighted by Gasteiger charge is 2.27. The summed E-state index contributed by atoms with van der Waals surface area (Å²) in [6.45, 7) is 33.4. The molecule has 1 aliphatic rings. The number of benzene rings is 6. The molecule has 0 fully saturated rings. The topological polar surface area (TPSA) is 158 Å². The van der Waals surface area contributed by atoms with Gasteiger partial charge in [0, 0.05) is 75.0 Å². The number of rotatable bonds is 12. The van der Waals surface area contributed by atoms with Gasteiger partial charge in [-0.05, 0) is 108 Å². The van der Waals surface area contributed by atoms with E-state index < -0.39 is 35.8 Å². The van der Waals surface area contributed by atoms with E-state index in [4.69, 9.17) is 28.4 Å². The van der Waals surface area contributed by atoms with E-state index in [1.165, 1.54) is 0 Å². The van der Waals surface area contributed by atoms with Crippen molar-refractivity contribution >= 4 is 35.8 Å². The summed E-state index contributed by atoms with van der Waals surface area (Å²) < 4.78 is 36.9. The summed E-state index contributed by atoms with van der Waals surface area (Å²) in [5.74, 6) is -3.19. The van der Waals surface area contributed by atoms with Crippen LogP contribution in [0.2, 0.25) is 0 Å². The minimum Gasteiger partial charge on any atom is -0.423 e. The van der Waals surface area contributed by atoms with Crippen molar-refractivity contribution in [1.29, 1.82) is 0 Å². The van der Waals surface area contributed by atoms with Gasteiger partial charge in [0.05, 0.1) is 0 Å². The minimum atomic E-state index is -0.734. The summed E-state index contributed by atoms with van der Waals surface area (Å²) in [7, 11) is 0. The van der Waals surface area contributed by atoms with Crippen molar-refractivity contribution in [2.45, 2.75) is 80.1 Å². The molecule has 396 valence electrons. The molecule has 0 heterocycles. The van der Waals surface area contributed by atoms with Crippen molar-refractivity contribution in [2.24, 2.45) is 0 Å². The Bertz CT molecular complexity index is 2810. The largest absolute Gasteiger partial charge is 0.423 e. The molecule has 0 aromatic heterocycles. The second-order valence-electron chi connectivity index (χ2n) is 19.3. The minimum absolute atomic E-state index is 0.0708. The summed E-state index contributed by atoms with van der Waals surface area (Å²) in [6.07, 6.45) is 6.77. The maximum absolute atomic E-state index is 13.4. The average Bonchev–Trinajstić information content (AvgIpc) is 3.39. The van der Waals surface area contributed by atoms with Gasteiger partial charge in [-0.3, -0.25) is 0 Å². The Balaban J connectivity index is 1.62. The van der Waals surface area contributed by atoms with Gasteiger partial charge in [0.25, 0.3) is 0 Å². The maximum Gasteiger partial charge on any atom is 0.335 e. The molecule has 6 aromatic carbocycles. The quantitative estimate of drug-likeness (QED) is 0.0649. The van der Waals surface area contributed by atoms with E-state index in [-0.39, 0.29) is 73.0 Å². The van der Waals surface area contributed by atoms with Crippen LogP contribution in [0.15, 0.2) is 149 Å². The number of hydrogen-bond acceptors (Lipinski definition) is 12. The molecule has 12 bridgehead atoms. The first kappa shape index (κ1) is 56.3. The van der Waals surface area contributed by atoms with Gasteiger partial charge in [0.15, 0.2) is 0 Å². The van der Waals surface area contributed by atoms with Crippen molar-refractivity contribution in [1.82, 2.24) is 0 Å². The predicted octanol–water partition coefficient (Wildman–Crippen LogP) is 11.9. The molecule has 12 nitrogen and oxygen atoms in total. The normalized spacial score (nSPS) is 11.8. The van der Waals surface area contributed by atoms with Crippen LogP contribution in [0.25, 0.3) is 0 Å². The Morgan fingerprint density at radius 2 is 0.359 bits per heavy atom. The Morgan fingerprint density at radius 3 is 0.449 bits per heavy atom. The van der Waals surface area contributed by atoms with Gasteiger partial charge in [-0.15, -0.1) is 0 Å². The lowest BCUT2D eigenvalue weighted by atomic mass is 9.88. The zero-order chi connectivity index (χ0) is 56.5. The number of ether oxygens (including phenoxy) is 6. The van der Waals surface area contributed by atoms with Gasteiger partial charge in [-0.1, -0.05) is 146 Å². The van der Waals surface area contributed by atoms with Crippen molar-refractivity contribution < 1.29 is 57.2 Å². The zero-order valence-electron chi connectivity index (χ0n) is 44.8. The van der Waals surface area contributed by atoms with Gasteiger partial charge < -0.3 is 28.4 Å². The smallest absolute Gasteiger partial charge is 0.335 e. The maximum atomic E-state index is 13.4. The van der Waals surface area contributed by atoms with Crippen LogP contribution in [-0.4, -0.2) is 35.8 Å². The number of carbonyl (C=O) groups is 6. The van der Waals surface area contributed by atoms with E-state index in [0.29, 0.717) is 66.8 Å². The molecule has 0 atom stereocenters. The zero-order valence-corrected chi connectivity index (χ0v) is 44.8. The second kappa shape index (κ2) is 24.5. The molecule has 0 saturated carbocycles. The van der Waals surface area contributed by atoms with E-state index in [1.54, 1.807) is 0 Å². The Hall–Kier alpha value is -9.42. The van der Waals surface area contributed by atoms with E-state index in [1.807, 2.05) is 114 Å². The summed E-state index contributed by atoms with van der Waals surface area (Å²) in [5.41, 5.74) is 11.3. The Labute approximate surface area is 454 Å². The molecule has 0 aliphatic heterocycles. The van der Waals surface area contributed by atoms with Crippen LogP contribution < -0.4 is 28.4 Å². The molecule has 6 aromatic rings. The van der Waals surface area contributed by atoms with Gasteiger partial charge in [-0.2, -0.15) is 0 Å². The third-order valence-electron chi connectivity index (χ3n) is 12.8. The Morgan fingerprint density at radius 1 is 0.256 bits per heavy atom. The molecule has 0 saturated heterocycles. The summed E-state index contributed by atoms with van der Waals surface area (Å²) in [5, 5.41) is 0. The third kappa shape index (κ3) is 13.3. The fourth-order valence-electron chi connectivity index (χ4n) is 10.0. The molecule has 0 radical (unpaired) electrons. The van der Waals surface area contributed by atoms with Gasteiger partial charge in [-0.25, -0.2) is 28.8 Å². The summed E-state index contributed by atoms with van der Waals surface area (Å²) in [4.78, 5) is 80.3. The van der Waals surface area contributed by atoms with Crippen LogP contribution in [0.1, 0.15) is 100 Å². The van der Waals surface area contributed by atoms with Crippen LogP contribution in [0.3, 0.4) is 0 Å². The van der Waals surface area contributed by atoms with Crippen LogP contribution in [-0.2, 0) is 67.3 Å². The lowest BCUT2D eigenvalue weighted by molar-refractivity contribution is -0.130. The lowest BCUT2D eigenvalue weighted by Gasteiger charge is -2.22. The average molecular weight is 1050 g/mol. The van der Waals surface area contributed by atoms with E-state index >= 15 is 0 Å². The Kier molecular flexibility index (Phi) is 17.7. The van der Waals surface area contributed by atoms with Gasteiger partial charge >= 0.3 is 35.8 Å². The van der Waals surface area contributed by atoms with Crippen LogP contribution in [0, 0.1) is 41.5 Å². The highest BCUT2D eigenvalue weighted by atomic mass is 16.6. The first-order valence-electron chi connectivity index (χ1n) is 25.0. The lowest BCUT2D eigenvalue weighted by Crippen LogP contribution is -2.14. The van der Waals surface area contributed by atoms with Crippen molar-refractivity contribution in [3.8, 4) is 34.5 Å². The van der Waals surface area contributed by atoms with Crippen molar-refractivity contribution in [3.63, 3.8) is 0 Å². The van der Waals surface area contributed by atoms with Gasteiger partial charge in [0.1, 0.15) is 34.5 Å². The van der Waals surface area contributed by atoms with Crippen molar-refractivity contribution in [2.75, 3.05) is 0 Å². The standard InChI is InChI=1S/C66H60O12/c1-13-55(67)73-61-43-19-37(7)20-44(61)32-46-22-39(9)24-48(63(46)75-57(69)15-3)34-50-26-41(11)28-52(65(50)77-59(71)17-5)36-54-30-42(12)29-53(66(54)78-60(72)18-6)35-51-27-40(10)25-49(64(51)76-58(70)16-4)33-47-23-38(8)21-45(31-43)62(47)74-56(68)14-2/h13-30H,1-6,31-36H2,7-12H3. The van der Waals surface area contributed by atoms with E-state index in [9.17, 15) is 28.8 Å². The van der Waals surface area contributed by atoms with Crippen molar-refractivity contribution in [3.05, 3.63) is 249 Å². The molecule has 0 spiro atoms.